The second-order valence-corrected chi connectivity index (χ2v) is 5.12. The zero-order valence-corrected chi connectivity index (χ0v) is 11.9. The maximum absolute atomic E-state index is 13.6. The minimum atomic E-state index is -0.266. The highest BCUT2D eigenvalue weighted by Gasteiger charge is 2.04. The minimum absolute atomic E-state index is 0.208. The molecule has 0 radical (unpaired) electrons. The Morgan fingerprint density at radius 1 is 1.17 bits per heavy atom. The van der Waals surface area contributed by atoms with Gasteiger partial charge in [-0.05, 0) is 58.5 Å². The summed E-state index contributed by atoms with van der Waals surface area (Å²) < 4.78 is 20.2. The fourth-order valence-corrected chi connectivity index (χ4v) is 2.10. The molecular weight excluding hydrogens is 344 g/mol. The molecule has 0 spiro atoms. The molecule has 0 aliphatic carbocycles. The third-order valence-electron chi connectivity index (χ3n) is 2.54. The number of hydrogen-bond acceptors (Lipinski definition) is 2. The zero-order valence-electron chi connectivity index (χ0n) is 9.70. The average Bonchev–Trinajstić information content (AvgIpc) is 2.38. The molecule has 2 N–H and O–H groups in total. The molecule has 0 aromatic heterocycles. The largest absolute Gasteiger partial charge is 0.489 e. The van der Waals surface area contributed by atoms with Crippen molar-refractivity contribution in [1.82, 2.24) is 0 Å². The van der Waals surface area contributed by atoms with Gasteiger partial charge in [-0.3, -0.25) is 0 Å². The van der Waals surface area contributed by atoms with Gasteiger partial charge in [0.25, 0.3) is 0 Å². The Bertz CT molecular complexity index is 545. The number of halogens is 2. The van der Waals surface area contributed by atoms with E-state index in [1.165, 1.54) is 6.07 Å². The first-order valence-electron chi connectivity index (χ1n) is 5.55. The van der Waals surface area contributed by atoms with Crippen molar-refractivity contribution in [3.63, 3.8) is 0 Å². The maximum atomic E-state index is 13.6. The van der Waals surface area contributed by atoms with Crippen LogP contribution in [0.15, 0.2) is 42.5 Å². The van der Waals surface area contributed by atoms with E-state index in [4.69, 9.17) is 10.5 Å². The molecule has 2 rings (SSSR count). The highest BCUT2D eigenvalue weighted by molar-refractivity contribution is 14.1. The lowest BCUT2D eigenvalue weighted by atomic mass is 10.1. The van der Waals surface area contributed by atoms with E-state index in [1.807, 2.05) is 24.3 Å². The summed E-state index contributed by atoms with van der Waals surface area (Å²) in [6, 6.07) is 12.5. The lowest BCUT2D eigenvalue weighted by molar-refractivity contribution is 0.299. The van der Waals surface area contributed by atoms with E-state index in [-0.39, 0.29) is 12.4 Å². The van der Waals surface area contributed by atoms with Gasteiger partial charge in [0, 0.05) is 15.7 Å². The van der Waals surface area contributed by atoms with E-state index in [2.05, 4.69) is 22.6 Å². The van der Waals surface area contributed by atoms with Crippen molar-refractivity contribution in [3.8, 4) is 5.75 Å². The molecule has 4 heteroatoms. The van der Waals surface area contributed by atoms with Crippen LogP contribution < -0.4 is 10.5 Å². The first kappa shape index (κ1) is 13.3. The average molecular weight is 357 g/mol. The van der Waals surface area contributed by atoms with Crippen LogP contribution in [0.1, 0.15) is 11.1 Å². The van der Waals surface area contributed by atoms with Crippen LogP contribution in [-0.2, 0) is 13.2 Å². The van der Waals surface area contributed by atoms with Crippen LogP contribution in [0.25, 0.3) is 0 Å². The van der Waals surface area contributed by atoms with E-state index in [1.54, 1.807) is 12.1 Å². The SMILES string of the molecule is NCc1ccc(F)c(COc2cccc(I)c2)c1. The second-order valence-electron chi connectivity index (χ2n) is 3.88. The van der Waals surface area contributed by atoms with Gasteiger partial charge in [0.05, 0.1) is 0 Å². The Kier molecular flexibility index (Phi) is 4.54. The van der Waals surface area contributed by atoms with Crippen LogP contribution >= 0.6 is 22.6 Å². The summed E-state index contributed by atoms with van der Waals surface area (Å²) in [7, 11) is 0. The first-order valence-corrected chi connectivity index (χ1v) is 6.62. The van der Waals surface area contributed by atoms with Crippen LogP contribution in [-0.4, -0.2) is 0 Å². The molecule has 18 heavy (non-hydrogen) atoms. The lowest BCUT2D eigenvalue weighted by Crippen LogP contribution is -2.02. The van der Waals surface area contributed by atoms with Crippen molar-refractivity contribution in [3.05, 3.63) is 63.0 Å². The smallest absolute Gasteiger partial charge is 0.129 e. The van der Waals surface area contributed by atoms with Gasteiger partial charge >= 0.3 is 0 Å². The van der Waals surface area contributed by atoms with Gasteiger partial charge in [-0.15, -0.1) is 0 Å². The molecule has 0 aliphatic rings. The third kappa shape index (κ3) is 3.43. The number of rotatable bonds is 4. The molecule has 2 aromatic rings. The summed E-state index contributed by atoms with van der Waals surface area (Å²) in [6.07, 6.45) is 0. The first-order chi connectivity index (χ1) is 8.69. The van der Waals surface area contributed by atoms with E-state index in [0.717, 1.165) is 14.9 Å². The summed E-state index contributed by atoms with van der Waals surface area (Å²) >= 11 is 2.21. The van der Waals surface area contributed by atoms with Gasteiger partial charge < -0.3 is 10.5 Å². The Morgan fingerprint density at radius 2 is 2.00 bits per heavy atom. The number of nitrogens with two attached hydrogens (primary N) is 1. The number of benzene rings is 2. The van der Waals surface area contributed by atoms with E-state index in [0.29, 0.717) is 12.1 Å². The molecule has 0 heterocycles. The van der Waals surface area contributed by atoms with Crippen molar-refractivity contribution in [2.24, 2.45) is 5.73 Å². The number of ether oxygens (including phenoxy) is 1. The van der Waals surface area contributed by atoms with E-state index in [9.17, 15) is 4.39 Å². The maximum Gasteiger partial charge on any atom is 0.129 e. The number of hydrogen-bond donors (Lipinski definition) is 1. The second kappa shape index (κ2) is 6.15. The van der Waals surface area contributed by atoms with E-state index < -0.39 is 0 Å². The van der Waals surface area contributed by atoms with Crippen molar-refractivity contribution in [1.29, 1.82) is 0 Å². The molecular formula is C14H13FINO. The van der Waals surface area contributed by atoms with Gasteiger partial charge in [0.1, 0.15) is 18.2 Å². The standard InChI is InChI=1S/C14H13FINO/c15-14-5-4-10(8-17)6-11(14)9-18-13-3-1-2-12(16)7-13/h1-7H,8-9,17H2. The highest BCUT2D eigenvalue weighted by atomic mass is 127. The molecule has 0 atom stereocenters. The Balaban J connectivity index is 2.10. The van der Waals surface area contributed by atoms with Crippen molar-refractivity contribution in [2.75, 3.05) is 0 Å². The molecule has 0 saturated heterocycles. The Labute approximate surface area is 119 Å². The predicted octanol–water partition coefficient (Wildman–Crippen LogP) is 3.47. The van der Waals surface area contributed by atoms with Crippen molar-refractivity contribution >= 4 is 22.6 Å². The van der Waals surface area contributed by atoms with Crippen LogP contribution in [0.4, 0.5) is 4.39 Å². The summed E-state index contributed by atoms with van der Waals surface area (Å²) in [5.74, 6) is 0.470. The topological polar surface area (TPSA) is 35.2 Å². The molecule has 2 nitrogen and oxygen atoms in total. The lowest BCUT2D eigenvalue weighted by Gasteiger charge is -2.08. The predicted molar refractivity (Wildman–Crippen MR) is 77.8 cm³/mol. The van der Waals surface area contributed by atoms with Gasteiger partial charge in [0.2, 0.25) is 0 Å². The summed E-state index contributed by atoms with van der Waals surface area (Å²) in [4.78, 5) is 0. The van der Waals surface area contributed by atoms with E-state index >= 15 is 0 Å². The quantitative estimate of drug-likeness (QED) is 0.851. The Hall–Kier alpha value is -1.14. The summed E-state index contributed by atoms with van der Waals surface area (Å²) in [5.41, 5.74) is 6.96. The van der Waals surface area contributed by atoms with Crippen LogP contribution in [0.3, 0.4) is 0 Å². The molecule has 0 aliphatic heterocycles. The summed E-state index contributed by atoms with van der Waals surface area (Å²) in [5, 5.41) is 0. The zero-order chi connectivity index (χ0) is 13.0. The fraction of sp³-hybridized carbons (Fsp3) is 0.143. The van der Waals surface area contributed by atoms with Crippen molar-refractivity contribution < 1.29 is 9.13 Å². The fourth-order valence-electron chi connectivity index (χ4n) is 1.58. The van der Waals surface area contributed by atoms with Gasteiger partial charge in [-0.2, -0.15) is 0 Å². The van der Waals surface area contributed by atoms with Crippen molar-refractivity contribution in [2.45, 2.75) is 13.2 Å². The molecule has 0 amide bonds. The molecule has 0 fully saturated rings. The molecule has 94 valence electrons. The minimum Gasteiger partial charge on any atom is -0.489 e. The normalized spacial score (nSPS) is 10.4. The molecule has 0 bridgehead atoms. The third-order valence-corrected chi connectivity index (χ3v) is 3.21. The molecule has 2 aromatic carbocycles. The monoisotopic (exact) mass is 357 g/mol. The van der Waals surface area contributed by atoms with Gasteiger partial charge in [0.15, 0.2) is 0 Å². The van der Waals surface area contributed by atoms with Gasteiger partial charge in [-0.1, -0.05) is 12.1 Å². The van der Waals surface area contributed by atoms with Crippen LogP contribution in [0.2, 0.25) is 0 Å². The van der Waals surface area contributed by atoms with Crippen LogP contribution in [0, 0.1) is 9.39 Å². The van der Waals surface area contributed by atoms with Gasteiger partial charge in [-0.25, -0.2) is 4.39 Å². The Morgan fingerprint density at radius 3 is 2.72 bits per heavy atom. The summed E-state index contributed by atoms with van der Waals surface area (Å²) in [6.45, 7) is 0.607. The molecule has 0 saturated carbocycles. The highest BCUT2D eigenvalue weighted by Crippen LogP contribution is 2.18. The molecule has 0 unspecified atom stereocenters. The van der Waals surface area contributed by atoms with Crippen LogP contribution in [0.5, 0.6) is 5.75 Å².